The number of hydrogen-bond donors (Lipinski definition) is 1. The second kappa shape index (κ2) is 12.2. The first kappa shape index (κ1) is 29.9. The minimum Gasteiger partial charge on any atom is -0.461 e. The molecule has 0 aliphatic carbocycles. The van der Waals surface area contributed by atoms with Crippen molar-refractivity contribution < 1.29 is 14.3 Å². The molecule has 3 aromatic carbocycles. The first-order valence-electron chi connectivity index (χ1n) is 12.9. The maximum absolute atomic E-state index is 13.4. The Labute approximate surface area is 246 Å². The summed E-state index contributed by atoms with van der Waals surface area (Å²) in [5, 5.41) is 3.38. The van der Waals surface area contributed by atoms with Gasteiger partial charge >= 0.3 is 11.7 Å². The molecule has 1 aromatic heterocycles. The van der Waals surface area contributed by atoms with Crippen molar-refractivity contribution in [3.8, 4) is 5.69 Å². The molecule has 1 heterocycles. The standard InChI is InChI=1S/C30H30Cl2N4O5/c1-17(2)41-29(39)24(33-27(37)26-22(31)7-6-8-23(26)32)15-18-9-11-19(12-10-18)36-28(38)21-16-20(34(3)4)13-14-25(21)35(5)30(36)40/h6-14,16-17,24H,15H2,1-5H3,(H,33,37)/t24-/m0/s1. The maximum atomic E-state index is 13.4. The van der Waals surface area contributed by atoms with E-state index in [-0.39, 0.29) is 22.0 Å². The zero-order valence-corrected chi connectivity index (χ0v) is 24.8. The van der Waals surface area contributed by atoms with Gasteiger partial charge in [-0.2, -0.15) is 0 Å². The molecule has 0 radical (unpaired) electrons. The summed E-state index contributed by atoms with van der Waals surface area (Å²) in [5.41, 5.74) is 1.50. The molecule has 214 valence electrons. The number of anilines is 1. The molecule has 11 heteroatoms. The fraction of sp³-hybridized carbons (Fsp3) is 0.267. The number of aromatic nitrogens is 2. The van der Waals surface area contributed by atoms with E-state index in [0.717, 1.165) is 10.3 Å². The number of fused-ring (bicyclic) bond motifs is 1. The van der Waals surface area contributed by atoms with Crippen LogP contribution in [0.25, 0.3) is 16.6 Å². The second-order valence-corrected chi connectivity index (χ2v) is 10.9. The molecule has 4 aromatic rings. The van der Waals surface area contributed by atoms with Gasteiger partial charge in [0.15, 0.2) is 0 Å². The van der Waals surface area contributed by atoms with E-state index in [4.69, 9.17) is 27.9 Å². The number of halogens is 2. The van der Waals surface area contributed by atoms with Crippen LogP contribution in [-0.2, 0) is 23.0 Å². The summed E-state index contributed by atoms with van der Waals surface area (Å²) in [5.74, 6) is -1.25. The molecule has 9 nitrogen and oxygen atoms in total. The Hall–Kier alpha value is -4.08. The fourth-order valence-electron chi connectivity index (χ4n) is 4.42. The first-order valence-corrected chi connectivity index (χ1v) is 13.6. The monoisotopic (exact) mass is 596 g/mol. The number of benzene rings is 3. The number of rotatable bonds is 8. The summed E-state index contributed by atoms with van der Waals surface area (Å²) < 4.78 is 7.91. The third kappa shape index (κ3) is 6.31. The van der Waals surface area contributed by atoms with Gasteiger partial charge in [0.05, 0.1) is 38.3 Å². The lowest BCUT2D eigenvalue weighted by Crippen LogP contribution is -2.44. The molecule has 0 bridgehead atoms. The molecule has 0 aliphatic rings. The summed E-state index contributed by atoms with van der Waals surface area (Å²) in [6, 6.07) is 15.6. The number of carbonyl (C=O) groups is 2. The van der Waals surface area contributed by atoms with E-state index in [9.17, 15) is 19.2 Å². The Morgan fingerprint density at radius 2 is 1.61 bits per heavy atom. The highest BCUT2D eigenvalue weighted by Gasteiger charge is 2.26. The van der Waals surface area contributed by atoms with E-state index in [1.807, 2.05) is 25.1 Å². The minimum absolute atomic E-state index is 0.0532. The Balaban J connectivity index is 1.67. The van der Waals surface area contributed by atoms with Crippen molar-refractivity contribution in [2.24, 2.45) is 7.05 Å². The van der Waals surface area contributed by atoms with Crippen LogP contribution in [0.3, 0.4) is 0 Å². The lowest BCUT2D eigenvalue weighted by molar-refractivity contribution is -0.149. The van der Waals surface area contributed by atoms with Gasteiger partial charge in [0, 0.05) is 33.3 Å². The van der Waals surface area contributed by atoms with E-state index in [1.54, 1.807) is 63.4 Å². The van der Waals surface area contributed by atoms with Crippen molar-refractivity contribution >= 4 is 51.7 Å². The van der Waals surface area contributed by atoms with E-state index in [2.05, 4.69) is 5.32 Å². The Bertz CT molecular complexity index is 1720. The normalized spacial score (nSPS) is 11.9. The smallest absolute Gasteiger partial charge is 0.335 e. The molecule has 0 saturated heterocycles. The van der Waals surface area contributed by atoms with E-state index in [0.29, 0.717) is 22.2 Å². The third-order valence-corrected chi connectivity index (χ3v) is 7.17. The van der Waals surface area contributed by atoms with E-state index >= 15 is 0 Å². The van der Waals surface area contributed by atoms with Gasteiger partial charge in [-0.15, -0.1) is 0 Å². The summed E-state index contributed by atoms with van der Waals surface area (Å²) in [6.07, 6.45) is -0.326. The number of nitrogens with one attached hydrogen (secondary N) is 1. The molecule has 0 aliphatic heterocycles. The Morgan fingerprint density at radius 3 is 2.20 bits per heavy atom. The summed E-state index contributed by atoms with van der Waals surface area (Å²) in [6.45, 7) is 3.42. The van der Waals surface area contributed by atoms with E-state index < -0.39 is 35.3 Å². The predicted octanol–water partition coefficient (Wildman–Crippen LogP) is 4.35. The number of ether oxygens (including phenoxy) is 1. The molecule has 4 rings (SSSR count). The van der Waals surface area contributed by atoms with Gasteiger partial charge in [-0.1, -0.05) is 41.4 Å². The van der Waals surface area contributed by atoms with Crippen LogP contribution in [0.2, 0.25) is 10.0 Å². The zero-order chi connectivity index (χ0) is 30.0. The van der Waals surface area contributed by atoms with Gasteiger partial charge in [-0.05, 0) is 61.9 Å². The number of carbonyl (C=O) groups excluding carboxylic acids is 2. The van der Waals surface area contributed by atoms with Crippen molar-refractivity contribution in [1.29, 1.82) is 0 Å². The average Bonchev–Trinajstić information content (AvgIpc) is 2.91. The number of nitrogens with zero attached hydrogens (tertiary/aromatic N) is 3. The van der Waals surface area contributed by atoms with Crippen molar-refractivity contribution in [3.05, 3.63) is 103 Å². The Morgan fingerprint density at radius 1 is 0.976 bits per heavy atom. The molecular formula is C30H30Cl2N4O5. The topological polar surface area (TPSA) is 103 Å². The molecule has 41 heavy (non-hydrogen) atoms. The molecule has 1 amide bonds. The number of esters is 1. The van der Waals surface area contributed by atoms with Crippen LogP contribution in [0, 0.1) is 0 Å². The highest BCUT2D eigenvalue weighted by Crippen LogP contribution is 2.24. The first-order chi connectivity index (χ1) is 19.4. The van der Waals surface area contributed by atoms with Crippen molar-refractivity contribution in [1.82, 2.24) is 14.5 Å². The van der Waals surface area contributed by atoms with Crippen molar-refractivity contribution in [2.75, 3.05) is 19.0 Å². The summed E-state index contributed by atoms with van der Waals surface area (Å²) in [4.78, 5) is 54.4. The highest BCUT2D eigenvalue weighted by atomic mass is 35.5. The third-order valence-electron chi connectivity index (χ3n) is 6.54. The number of hydrogen-bond acceptors (Lipinski definition) is 6. The lowest BCUT2D eigenvalue weighted by Gasteiger charge is -2.20. The van der Waals surface area contributed by atoms with Crippen LogP contribution < -0.4 is 21.5 Å². The van der Waals surface area contributed by atoms with Gasteiger partial charge in [0.2, 0.25) is 0 Å². The fourth-order valence-corrected chi connectivity index (χ4v) is 4.99. The van der Waals surface area contributed by atoms with E-state index in [1.165, 1.54) is 16.7 Å². The van der Waals surface area contributed by atoms with Gasteiger partial charge < -0.3 is 15.0 Å². The van der Waals surface area contributed by atoms with Crippen LogP contribution in [0.4, 0.5) is 5.69 Å². The summed E-state index contributed by atoms with van der Waals surface area (Å²) >= 11 is 12.4. The highest BCUT2D eigenvalue weighted by molar-refractivity contribution is 6.39. The summed E-state index contributed by atoms with van der Waals surface area (Å²) in [7, 11) is 5.36. The van der Waals surface area contributed by atoms with Crippen molar-refractivity contribution in [3.63, 3.8) is 0 Å². The van der Waals surface area contributed by atoms with Crippen LogP contribution in [0.1, 0.15) is 29.8 Å². The quantitative estimate of drug-likeness (QED) is 0.303. The molecule has 1 N–H and O–H groups in total. The van der Waals surface area contributed by atoms with Gasteiger partial charge in [0.25, 0.3) is 11.5 Å². The van der Waals surface area contributed by atoms with Gasteiger partial charge in [-0.3, -0.25) is 14.2 Å². The van der Waals surface area contributed by atoms with Crippen LogP contribution in [-0.4, -0.2) is 47.3 Å². The SMILES string of the molecule is CC(C)OC(=O)[C@H](Cc1ccc(-n2c(=O)c3cc(N(C)C)ccc3n(C)c2=O)cc1)NC(=O)c1c(Cl)cccc1Cl. The van der Waals surface area contributed by atoms with Gasteiger partial charge in [-0.25, -0.2) is 14.2 Å². The molecule has 0 saturated carbocycles. The van der Waals surface area contributed by atoms with Crippen molar-refractivity contribution in [2.45, 2.75) is 32.4 Å². The molecule has 1 atom stereocenters. The number of aryl methyl sites for hydroxylation is 1. The van der Waals surface area contributed by atoms with Crippen LogP contribution >= 0.6 is 23.2 Å². The Kier molecular flexibility index (Phi) is 8.89. The van der Waals surface area contributed by atoms with Gasteiger partial charge in [0.1, 0.15) is 6.04 Å². The molecular weight excluding hydrogens is 567 g/mol. The number of amides is 1. The zero-order valence-electron chi connectivity index (χ0n) is 23.3. The average molecular weight is 597 g/mol. The minimum atomic E-state index is -1.05. The molecule has 0 spiro atoms. The second-order valence-electron chi connectivity index (χ2n) is 10.1. The maximum Gasteiger partial charge on any atom is 0.335 e. The van der Waals surface area contributed by atoms with Crippen LogP contribution in [0.15, 0.2) is 70.3 Å². The lowest BCUT2D eigenvalue weighted by atomic mass is 10.0. The molecule has 0 unspecified atom stereocenters. The largest absolute Gasteiger partial charge is 0.461 e. The van der Waals surface area contributed by atoms with Crippen LogP contribution in [0.5, 0.6) is 0 Å². The molecule has 0 fully saturated rings. The predicted molar refractivity (Wildman–Crippen MR) is 162 cm³/mol.